The summed E-state index contributed by atoms with van der Waals surface area (Å²) in [5.41, 5.74) is 6.33. The molecule has 0 fully saturated rings. The van der Waals surface area contributed by atoms with Crippen LogP contribution in [0.4, 0.5) is 0 Å². The number of nitrogens with two attached hydrogens (primary N) is 1. The molecule has 2 N–H and O–H groups in total. The van der Waals surface area contributed by atoms with Crippen LogP contribution in [0, 0.1) is 5.41 Å². The third-order valence-corrected chi connectivity index (χ3v) is 5.16. The molecule has 0 spiro atoms. The third-order valence-electron chi connectivity index (χ3n) is 5.16. The molecule has 0 aliphatic heterocycles. The van der Waals surface area contributed by atoms with Crippen LogP contribution in [-0.4, -0.2) is 6.04 Å². The Morgan fingerprint density at radius 3 is 1.33 bits per heavy atom. The Labute approximate surface area is 135 Å². The molecular formula is C20H43N. The van der Waals surface area contributed by atoms with Gasteiger partial charge in [0.05, 0.1) is 0 Å². The molecule has 1 unspecified atom stereocenters. The predicted molar refractivity (Wildman–Crippen MR) is 97.7 cm³/mol. The highest BCUT2D eigenvalue weighted by molar-refractivity contribution is 4.77. The topological polar surface area (TPSA) is 26.0 Å². The molecule has 0 heterocycles. The highest BCUT2D eigenvalue weighted by Crippen LogP contribution is 2.26. The van der Waals surface area contributed by atoms with Crippen molar-refractivity contribution in [2.45, 2.75) is 124 Å². The van der Waals surface area contributed by atoms with E-state index in [-0.39, 0.29) is 0 Å². The fourth-order valence-corrected chi connectivity index (χ4v) is 2.83. The summed E-state index contributed by atoms with van der Waals surface area (Å²) in [6.45, 7) is 9.04. The fourth-order valence-electron chi connectivity index (χ4n) is 2.83. The van der Waals surface area contributed by atoms with Crippen molar-refractivity contribution in [1.82, 2.24) is 0 Å². The zero-order valence-electron chi connectivity index (χ0n) is 15.6. The maximum atomic E-state index is 6.02. The maximum Gasteiger partial charge on any atom is 0.00617 e. The summed E-state index contributed by atoms with van der Waals surface area (Å²) >= 11 is 0. The van der Waals surface area contributed by atoms with Gasteiger partial charge in [-0.25, -0.2) is 0 Å². The molecular weight excluding hydrogens is 254 g/mol. The van der Waals surface area contributed by atoms with Crippen LogP contribution in [0.5, 0.6) is 0 Å². The lowest BCUT2D eigenvalue weighted by atomic mass is 9.81. The first-order valence-corrected chi connectivity index (χ1v) is 9.76. The number of hydrogen-bond acceptors (Lipinski definition) is 1. The van der Waals surface area contributed by atoms with Crippen molar-refractivity contribution in [2.75, 3.05) is 0 Å². The molecule has 1 atom stereocenters. The minimum absolute atomic E-state index is 0.315. The Morgan fingerprint density at radius 2 is 1.00 bits per heavy atom. The fraction of sp³-hybridized carbons (Fsp3) is 1.00. The molecule has 128 valence electrons. The van der Waals surface area contributed by atoms with Crippen LogP contribution in [0.1, 0.15) is 118 Å². The van der Waals surface area contributed by atoms with E-state index in [1.54, 1.807) is 0 Å². The van der Waals surface area contributed by atoms with Gasteiger partial charge in [0, 0.05) is 6.04 Å². The van der Waals surface area contributed by atoms with E-state index in [1.165, 1.54) is 89.9 Å². The van der Waals surface area contributed by atoms with Crippen molar-refractivity contribution in [3.05, 3.63) is 0 Å². The van der Waals surface area contributed by atoms with Gasteiger partial charge in [0.2, 0.25) is 0 Å². The summed E-state index contributed by atoms with van der Waals surface area (Å²) in [7, 11) is 0. The SMILES string of the molecule is CCCCCCCCCCCCCCCC(C)(C)C(C)N. The summed E-state index contributed by atoms with van der Waals surface area (Å²) in [6, 6.07) is 0.315. The highest BCUT2D eigenvalue weighted by atomic mass is 14.7. The number of unbranched alkanes of at least 4 members (excludes halogenated alkanes) is 12. The van der Waals surface area contributed by atoms with Gasteiger partial charge in [-0.15, -0.1) is 0 Å². The molecule has 1 heteroatoms. The maximum absolute atomic E-state index is 6.02. The van der Waals surface area contributed by atoms with Crippen molar-refractivity contribution < 1.29 is 0 Å². The largest absolute Gasteiger partial charge is 0.327 e. The lowest BCUT2D eigenvalue weighted by Gasteiger charge is -2.28. The van der Waals surface area contributed by atoms with Gasteiger partial charge < -0.3 is 5.73 Å². The van der Waals surface area contributed by atoms with Gasteiger partial charge in [-0.05, 0) is 18.8 Å². The van der Waals surface area contributed by atoms with Crippen molar-refractivity contribution in [3.8, 4) is 0 Å². The molecule has 0 amide bonds. The van der Waals surface area contributed by atoms with Gasteiger partial charge >= 0.3 is 0 Å². The number of rotatable bonds is 15. The average Bonchev–Trinajstić information content (AvgIpc) is 2.43. The van der Waals surface area contributed by atoms with Crippen LogP contribution in [0.3, 0.4) is 0 Å². The molecule has 0 rings (SSSR count). The van der Waals surface area contributed by atoms with E-state index >= 15 is 0 Å². The molecule has 0 aliphatic rings. The summed E-state index contributed by atoms with van der Waals surface area (Å²) < 4.78 is 0. The van der Waals surface area contributed by atoms with Crippen LogP contribution in [-0.2, 0) is 0 Å². The van der Waals surface area contributed by atoms with Crippen molar-refractivity contribution >= 4 is 0 Å². The van der Waals surface area contributed by atoms with Gasteiger partial charge in [0.15, 0.2) is 0 Å². The van der Waals surface area contributed by atoms with E-state index < -0.39 is 0 Å². The molecule has 0 saturated heterocycles. The molecule has 0 aliphatic carbocycles. The van der Waals surface area contributed by atoms with Crippen molar-refractivity contribution in [2.24, 2.45) is 11.1 Å². The van der Waals surface area contributed by atoms with E-state index in [1.807, 2.05) is 0 Å². The standard InChI is InChI=1S/C20H43N/c1-5-6-7-8-9-10-11-12-13-14-15-16-17-18-20(3,4)19(2)21/h19H,5-18,21H2,1-4H3. The van der Waals surface area contributed by atoms with Gasteiger partial charge in [-0.2, -0.15) is 0 Å². The Balaban J connectivity index is 3.16. The normalized spacial score (nSPS) is 13.6. The molecule has 0 saturated carbocycles. The van der Waals surface area contributed by atoms with Crippen LogP contribution in [0.25, 0.3) is 0 Å². The van der Waals surface area contributed by atoms with Gasteiger partial charge in [0.25, 0.3) is 0 Å². The van der Waals surface area contributed by atoms with Gasteiger partial charge in [0.1, 0.15) is 0 Å². The Morgan fingerprint density at radius 1 is 0.667 bits per heavy atom. The first-order chi connectivity index (χ1) is 10.0. The zero-order valence-corrected chi connectivity index (χ0v) is 15.6. The van der Waals surface area contributed by atoms with Crippen LogP contribution < -0.4 is 5.73 Å². The third kappa shape index (κ3) is 13.4. The molecule has 1 nitrogen and oxygen atoms in total. The summed E-state index contributed by atoms with van der Waals surface area (Å²) in [5, 5.41) is 0. The summed E-state index contributed by atoms with van der Waals surface area (Å²) in [5.74, 6) is 0. The lowest BCUT2D eigenvalue weighted by molar-refractivity contribution is 0.266. The van der Waals surface area contributed by atoms with E-state index in [0.29, 0.717) is 11.5 Å². The predicted octanol–water partition coefficient (Wildman–Crippen LogP) is 6.84. The second kappa shape index (κ2) is 13.6. The second-order valence-corrected chi connectivity index (χ2v) is 7.77. The minimum Gasteiger partial charge on any atom is -0.327 e. The van der Waals surface area contributed by atoms with E-state index in [2.05, 4.69) is 27.7 Å². The second-order valence-electron chi connectivity index (χ2n) is 7.77. The lowest BCUT2D eigenvalue weighted by Crippen LogP contribution is -2.34. The molecule has 0 aromatic carbocycles. The molecule has 21 heavy (non-hydrogen) atoms. The summed E-state index contributed by atoms with van der Waals surface area (Å²) in [6.07, 6.45) is 19.9. The highest BCUT2D eigenvalue weighted by Gasteiger charge is 2.21. The Kier molecular flexibility index (Phi) is 13.6. The van der Waals surface area contributed by atoms with Crippen LogP contribution >= 0.6 is 0 Å². The van der Waals surface area contributed by atoms with Crippen molar-refractivity contribution in [1.29, 1.82) is 0 Å². The summed E-state index contributed by atoms with van der Waals surface area (Å²) in [4.78, 5) is 0. The first-order valence-electron chi connectivity index (χ1n) is 9.76. The molecule has 0 aromatic heterocycles. The van der Waals surface area contributed by atoms with Crippen molar-refractivity contribution in [3.63, 3.8) is 0 Å². The average molecular weight is 298 g/mol. The quantitative estimate of drug-likeness (QED) is 0.329. The van der Waals surface area contributed by atoms with Gasteiger partial charge in [-0.1, -0.05) is 104 Å². The van der Waals surface area contributed by atoms with Crippen LogP contribution in [0.15, 0.2) is 0 Å². The first kappa shape index (κ1) is 21.0. The van der Waals surface area contributed by atoms with E-state index in [4.69, 9.17) is 5.73 Å². The zero-order chi connectivity index (χ0) is 16.0. The molecule has 0 radical (unpaired) electrons. The number of hydrogen-bond donors (Lipinski definition) is 1. The Bertz CT molecular complexity index is 208. The van der Waals surface area contributed by atoms with E-state index in [9.17, 15) is 0 Å². The van der Waals surface area contributed by atoms with E-state index in [0.717, 1.165) is 0 Å². The minimum atomic E-state index is 0.315. The van der Waals surface area contributed by atoms with Gasteiger partial charge in [-0.3, -0.25) is 0 Å². The monoisotopic (exact) mass is 297 g/mol. The van der Waals surface area contributed by atoms with Crippen LogP contribution in [0.2, 0.25) is 0 Å². The smallest absolute Gasteiger partial charge is 0.00617 e. The molecule has 0 bridgehead atoms. The Hall–Kier alpha value is -0.0400. The molecule has 0 aromatic rings.